The van der Waals surface area contributed by atoms with Crippen molar-refractivity contribution in [1.82, 2.24) is 19.2 Å². The Kier molecular flexibility index (Phi) is 6.29. The minimum atomic E-state index is 0.0980. The maximum absolute atomic E-state index is 13.0. The lowest BCUT2D eigenvalue weighted by Crippen LogP contribution is -2.37. The van der Waals surface area contributed by atoms with Crippen LogP contribution in [0.4, 0.5) is 0 Å². The van der Waals surface area contributed by atoms with E-state index in [9.17, 15) is 4.79 Å². The molecule has 3 aromatic rings. The van der Waals surface area contributed by atoms with E-state index in [1.807, 2.05) is 79.1 Å². The van der Waals surface area contributed by atoms with Crippen molar-refractivity contribution < 1.29 is 4.79 Å². The molecule has 1 aromatic carbocycles. The lowest BCUT2D eigenvalue weighted by molar-refractivity contribution is -0.131. The second-order valence-electron chi connectivity index (χ2n) is 7.08. The van der Waals surface area contributed by atoms with Gasteiger partial charge in [0.05, 0.1) is 12.1 Å². The first-order chi connectivity index (χ1) is 12.9. The first kappa shape index (κ1) is 19.6. The van der Waals surface area contributed by atoms with Crippen LogP contribution in [0.25, 0.3) is 5.65 Å². The summed E-state index contributed by atoms with van der Waals surface area (Å²) in [6, 6.07) is 12.1. The molecule has 0 saturated heterocycles. The van der Waals surface area contributed by atoms with Gasteiger partial charge in [0.2, 0.25) is 5.91 Å². The first-order valence-corrected chi connectivity index (χ1v) is 9.82. The summed E-state index contributed by atoms with van der Waals surface area (Å²) in [5.41, 5.74) is 3.94. The quantitative estimate of drug-likeness (QED) is 0.577. The molecule has 1 amide bonds. The maximum Gasteiger partial charge on any atom is 0.228 e. The standard InChI is InChI=1S/C21H25BrN4O/c1-16-5-4-10-26-15-19(23-21(16)26)13-20(27)25(12-11-24(2)3)14-17-6-8-18(22)9-7-17/h4-10,15H,11-14H2,1-3H3. The van der Waals surface area contributed by atoms with Gasteiger partial charge in [0.25, 0.3) is 0 Å². The van der Waals surface area contributed by atoms with Gasteiger partial charge in [0.15, 0.2) is 0 Å². The highest BCUT2D eigenvalue weighted by atomic mass is 79.9. The number of nitrogens with zero attached hydrogens (tertiary/aromatic N) is 4. The number of hydrogen-bond acceptors (Lipinski definition) is 3. The molecule has 0 fully saturated rings. The Morgan fingerprint density at radius 3 is 2.56 bits per heavy atom. The zero-order valence-corrected chi connectivity index (χ0v) is 17.6. The molecule has 0 aliphatic carbocycles. The molecule has 0 aliphatic heterocycles. The molecule has 27 heavy (non-hydrogen) atoms. The second kappa shape index (κ2) is 8.67. The average Bonchev–Trinajstić information content (AvgIpc) is 3.04. The van der Waals surface area contributed by atoms with Crippen molar-refractivity contribution in [2.45, 2.75) is 19.9 Å². The van der Waals surface area contributed by atoms with E-state index < -0.39 is 0 Å². The van der Waals surface area contributed by atoms with Crippen molar-refractivity contribution in [2.75, 3.05) is 27.2 Å². The van der Waals surface area contributed by atoms with Crippen LogP contribution in [-0.2, 0) is 17.8 Å². The Balaban J connectivity index is 1.76. The average molecular weight is 429 g/mol. The molecule has 2 heterocycles. The summed E-state index contributed by atoms with van der Waals surface area (Å²) in [5.74, 6) is 0.0980. The molecule has 3 rings (SSSR count). The van der Waals surface area contributed by atoms with Gasteiger partial charge in [-0.3, -0.25) is 4.79 Å². The molecule has 0 unspecified atom stereocenters. The van der Waals surface area contributed by atoms with Gasteiger partial charge < -0.3 is 14.2 Å². The number of hydrogen-bond donors (Lipinski definition) is 0. The fraction of sp³-hybridized carbons (Fsp3) is 0.333. The van der Waals surface area contributed by atoms with Crippen LogP contribution in [0.15, 0.2) is 53.3 Å². The van der Waals surface area contributed by atoms with E-state index in [-0.39, 0.29) is 5.91 Å². The number of likely N-dealkylation sites (N-methyl/N-ethyl adjacent to an activating group) is 1. The predicted molar refractivity (Wildman–Crippen MR) is 112 cm³/mol. The number of carbonyl (C=O) groups excluding carboxylic acids is 1. The number of benzene rings is 1. The summed E-state index contributed by atoms with van der Waals surface area (Å²) in [6.07, 6.45) is 4.23. The summed E-state index contributed by atoms with van der Waals surface area (Å²) < 4.78 is 3.02. The fourth-order valence-corrected chi connectivity index (χ4v) is 3.24. The third-order valence-corrected chi connectivity index (χ3v) is 5.05. The van der Waals surface area contributed by atoms with Gasteiger partial charge in [-0.15, -0.1) is 0 Å². The highest BCUT2D eigenvalue weighted by Crippen LogP contribution is 2.14. The third-order valence-electron chi connectivity index (χ3n) is 4.52. The smallest absolute Gasteiger partial charge is 0.228 e. The fourth-order valence-electron chi connectivity index (χ4n) is 2.98. The van der Waals surface area contributed by atoms with Crippen LogP contribution < -0.4 is 0 Å². The highest BCUT2D eigenvalue weighted by molar-refractivity contribution is 9.10. The normalized spacial score (nSPS) is 11.3. The largest absolute Gasteiger partial charge is 0.337 e. The predicted octanol–water partition coefficient (Wildman–Crippen LogP) is 3.54. The Bertz CT molecular complexity index is 918. The van der Waals surface area contributed by atoms with E-state index >= 15 is 0 Å². The molecule has 0 aliphatic rings. The molecule has 5 nitrogen and oxygen atoms in total. The minimum absolute atomic E-state index is 0.0980. The van der Waals surface area contributed by atoms with Gasteiger partial charge in [0.1, 0.15) is 5.65 Å². The zero-order chi connectivity index (χ0) is 19.4. The highest BCUT2D eigenvalue weighted by Gasteiger charge is 2.17. The number of carbonyl (C=O) groups is 1. The SMILES string of the molecule is Cc1cccn2cc(CC(=O)N(CCN(C)C)Cc3ccc(Br)cc3)nc12. The van der Waals surface area contributed by atoms with Crippen LogP contribution in [-0.4, -0.2) is 52.3 Å². The van der Waals surface area contributed by atoms with Gasteiger partial charge in [-0.1, -0.05) is 34.1 Å². The number of fused-ring (bicyclic) bond motifs is 1. The number of imidazole rings is 1. The molecule has 0 radical (unpaired) electrons. The van der Waals surface area contributed by atoms with Gasteiger partial charge >= 0.3 is 0 Å². The summed E-state index contributed by atoms with van der Waals surface area (Å²) >= 11 is 3.46. The topological polar surface area (TPSA) is 40.9 Å². The van der Waals surface area contributed by atoms with Crippen LogP contribution >= 0.6 is 15.9 Å². The number of halogens is 1. The lowest BCUT2D eigenvalue weighted by atomic mass is 10.2. The van der Waals surface area contributed by atoms with Crippen LogP contribution in [0.5, 0.6) is 0 Å². The molecule has 2 aromatic heterocycles. The van der Waals surface area contributed by atoms with Crippen molar-refractivity contribution in [2.24, 2.45) is 0 Å². The molecule has 6 heteroatoms. The number of aromatic nitrogens is 2. The molecular weight excluding hydrogens is 404 g/mol. The van der Waals surface area contributed by atoms with E-state index in [2.05, 4.69) is 25.8 Å². The number of aryl methyl sites for hydroxylation is 1. The van der Waals surface area contributed by atoms with Crippen LogP contribution in [0, 0.1) is 6.92 Å². The van der Waals surface area contributed by atoms with Crippen molar-refractivity contribution in [3.8, 4) is 0 Å². The maximum atomic E-state index is 13.0. The van der Waals surface area contributed by atoms with Crippen molar-refractivity contribution in [3.05, 3.63) is 70.1 Å². The van der Waals surface area contributed by atoms with E-state index in [0.29, 0.717) is 19.5 Å². The molecule has 0 spiro atoms. The zero-order valence-electron chi connectivity index (χ0n) is 16.0. The summed E-state index contributed by atoms with van der Waals surface area (Å²) in [5, 5.41) is 0. The van der Waals surface area contributed by atoms with Crippen molar-refractivity contribution in [3.63, 3.8) is 0 Å². The van der Waals surface area contributed by atoms with Crippen LogP contribution in [0.3, 0.4) is 0 Å². The molecule has 0 N–H and O–H groups in total. The minimum Gasteiger partial charge on any atom is -0.337 e. The number of pyridine rings is 1. The molecule has 0 saturated carbocycles. The van der Waals surface area contributed by atoms with Gasteiger partial charge in [-0.05, 0) is 50.3 Å². The van der Waals surface area contributed by atoms with Crippen molar-refractivity contribution in [1.29, 1.82) is 0 Å². The lowest BCUT2D eigenvalue weighted by Gasteiger charge is -2.24. The van der Waals surface area contributed by atoms with E-state index in [1.54, 1.807) is 0 Å². The third kappa shape index (κ3) is 5.17. The van der Waals surface area contributed by atoms with Gasteiger partial charge in [-0.25, -0.2) is 4.98 Å². The number of rotatable bonds is 7. The van der Waals surface area contributed by atoms with Gasteiger partial charge in [-0.2, -0.15) is 0 Å². The summed E-state index contributed by atoms with van der Waals surface area (Å²) in [4.78, 5) is 21.7. The molecule has 142 valence electrons. The molecule has 0 atom stereocenters. The Morgan fingerprint density at radius 1 is 1.15 bits per heavy atom. The number of amides is 1. The second-order valence-corrected chi connectivity index (χ2v) is 7.99. The Hall–Kier alpha value is -2.18. The van der Waals surface area contributed by atoms with Gasteiger partial charge in [0, 0.05) is 36.5 Å². The van der Waals surface area contributed by atoms with Crippen LogP contribution in [0.2, 0.25) is 0 Å². The Labute approximate surface area is 168 Å². The van der Waals surface area contributed by atoms with Crippen LogP contribution in [0.1, 0.15) is 16.8 Å². The van der Waals surface area contributed by atoms with Crippen molar-refractivity contribution >= 4 is 27.5 Å². The molecule has 0 bridgehead atoms. The summed E-state index contributed by atoms with van der Waals surface area (Å²) in [7, 11) is 4.04. The summed E-state index contributed by atoms with van der Waals surface area (Å²) in [6.45, 7) is 4.15. The van der Waals surface area contributed by atoms with E-state index in [0.717, 1.165) is 33.5 Å². The first-order valence-electron chi connectivity index (χ1n) is 9.02. The van der Waals surface area contributed by atoms with E-state index in [1.165, 1.54) is 0 Å². The molecular formula is C21H25BrN4O. The monoisotopic (exact) mass is 428 g/mol. The Morgan fingerprint density at radius 2 is 1.89 bits per heavy atom. The van der Waals surface area contributed by atoms with E-state index in [4.69, 9.17) is 0 Å².